The van der Waals surface area contributed by atoms with Gasteiger partial charge in [0, 0.05) is 11.1 Å². The van der Waals surface area contributed by atoms with Gasteiger partial charge in [-0.1, -0.05) is 55.4 Å². The van der Waals surface area contributed by atoms with E-state index in [1.807, 2.05) is 0 Å². The van der Waals surface area contributed by atoms with Crippen LogP contribution >= 0.6 is 0 Å². The van der Waals surface area contributed by atoms with Crippen molar-refractivity contribution in [1.29, 1.82) is 0 Å². The number of urea groups is 1. The third-order valence-electron chi connectivity index (χ3n) is 6.22. The Bertz CT molecular complexity index is 477. The lowest BCUT2D eigenvalue weighted by atomic mass is 9.58. The summed E-state index contributed by atoms with van der Waals surface area (Å²) in [6.45, 7) is 23.1. The molecule has 2 saturated carbocycles. The highest BCUT2D eigenvalue weighted by molar-refractivity contribution is 5.75. The van der Waals surface area contributed by atoms with E-state index in [0.717, 1.165) is 25.7 Å². The van der Waals surface area contributed by atoms with Gasteiger partial charge >= 0.3 is 6.03 Å². The van der Waals surface area contributed by atoms with E-state index >= 15 is 0 Å². The van der Waals surface area contributed by atoms with Gasteiger partial charge in [0.1, 0.15) is 0 Å². The van der Waals surface area contributed by atoms with Gasteiger partial charge in [-0.3, -0.25) is 0 Å². The zero-order valence-corrected chi connectivity index (χ0v) is 19.2. The van der Waals surface area contributed by atoms with Gasteiger partial charge in [0.2, 0.25) is 0 Å². The minimum absolute atomic E-state index is 0.0111. The predicted octanol–water partition coefficient (Wildman–Crippen LogP) is 6.28. The lowest BCUT2D eigenvalue weighted by Gasteiger charge is -2.52. The quantitative estimate of drug-likeness (QED) is 0.595. The maximum Gasteiger partial charge on any atom is 0.315 e. The molecule has 3 nitrogen and oxygen atoms in total. The molecule has 2 rings (SSSR count). The Morgan fingerprint density at radius 3 is 0.962 bits per heavy atom. The van der Waals surface area contributed by atoms with Gasteiger partial charge < -0.3 is 10.6 Å². The van der Waals surface area contributed by atoms with Gasteiger partial charge in [0.15, 0.2) is 0 Å². The number of carbonyl (C=O) groups is 1. The predicted molar refractivity (Wildman–Crippen MR) is 111 cm³/mol. The topological polar surface area (TPSA) is 41.1 Å². The summed E-state index contributed by atoms with van der Waals surface area (Å²) in [5.41, 5.74) is 0.715. The molecule has 26 heavy (non-hydrogen) atoms. The highest BCUT2D eigenvalue weighted by atomic mass is 16.2. The monoisotopic (exact) mass is 364 g/mol. The first-order valence-electron chi connectivity index (χ1n) is 10.4. The molecule has 0 saturated heterocycles. The molecule has 2 N–H and O–H groups in total. The number of amides is 2. The second kappa shape index (κ2) is 6.14. The summed E-state index contributed by atoms with van der Waals surface area (Å²) >= 11 is 0. The van der Waals surface area contributed by atoms with Crippen LogP contribution in [-0.4, -0.2) is 17.1 Å². The number of nitrogens with one attached hydrogen (secondary N) is 2. The van der Waals surface area contributed by atoms with E-state index in [4.69, 9.17) is 0 Å². The lowest BCUT2D eigenvalue weighted by Crippen LogP contribution is -2.62. The van der Waals surface area contributed by atoms with E-state index in [9.17, 15) is 4.79 Å². The Kier molecular flexibility index (Phi) is 5.09. The Balaban J connectivity index is 2.10. The van der Waals surface area contributed by atoms with Crippen LogP contribution in [-0.2, 0) is 0 Å². The minimum atomic E-state index is -0.147. The second-order valence-electron chi connectivity index (χ2n) is 13.4. The molecule has 0 spiro atoms. The maximum absolute atomic E-state index is 13.0. The van der Waals surface area contributed by atoms with Crippen LogP contribution in [0.15, 0.2) is 0 Å². The first kappa shape index (κ1) is 21.6. The number of hydrogen-bond acceptors (Lipinski definition) is 1. The van der Waals surface area contributed by atoms with Crippen LogP contribution in [0.5, 0.6) is 0 Å². The fraction of sp³-hybridized carbons (Fsp3) is 0.957. The molecule has 0 aromatic heterocycles. The minimum Gasteiger partial charge on any atom is -0.333 e. The van der Waals surface area contributed by atoms with Crippen molar-refractivity contribution in [1.82, 2.24) is 10.6 Å². The number of hydrogen-bond donors (Lipinski definition) is 2. The summed E-state index contributed by atoms with van der Waals surface area (Å²) in [4.78, 5) is 13.0. The highest BCUT2D eigenvalue weighted by Gasteiger charge is 2.48. The number of rotatable bonds is 2. The SMILES string of the molecule is CC1(C)CC(C)(C)CC(C)(NC(=O)NC2(C)CC(C)(C)CC(C)(C)C2)C1. The van der Waals surface area contributed by atoms with Gasteiger partial charge in [-0.2, -0.15) is 0 Å². The molecule has 2 fully saturated rings. The molecule has 0 unspecified atom stereocenters. The molecule has 0 radical (unpaired) electrons. The van der Waals surface area contributed by atoms with Crippen LogP contribution in [0, 0.1) is 21.7 Å². The molecular formula is C23H44N2O. The van der Waals surface area contributed by atoms with Crippen LogP contribution in [0.25, 0.3) is 0 Å². The standard InChI is InChI=1S/C23H44N2O/c1-18(2)11-19(3,4)14-22(9,13-18)24-17(26)25-23(10)15-20(5,6)12-21(7,8)16-23/h11-16H2,1-10H3,(H2,24,25,26). The van der Waals surface area contributed by atoms with Crippen molar-refractivity contribution in [2.45, 2.75) is 119 Å². The lowest BCUT2D eigenvalue weighted by molar-refractivity contribution is 0.0328. The van der Waals surface area contributed by atoms with Crippen LogP contribution in [0.4, 0.5) is 4.79 Å². The maximum atomic E-state index is 13.0. The molecule has 2 amide bonds. The summed E-state index contributed by atoms with van der Waals surface area (Å²) in [5, 5.41) is 6.77. The first-order chi connectivity index (χ1) is 11.3. The van der Waals surface area contributed by atoms with Crippen molar-refractivity contribution in [2.75, 3.05) is 0 Å². The Morgan fingerprint density at radius 1 is 0.500 bits per heavy atom. The molecule has 0 aromatic rings. The third kappa shape index (κ3) is 5.63. The van der Waals surface area contributed by atoms with Crippen molar-refractivity contribution in [3.8, 4) is 0 Å². The van der Waals surface area contributed by atoms with Crippen molar-refractivity contribution in [3.63, 3.8) is 0 Å². The first-order valence-corrected chi connectivity index (χ1v) is 10.4. The van der Waals surface area contributed by atoms with Crippen LogP contribution in [0.2, 0.25) is 0 Å². The van der Waals surface area contributed by atoms with E-state index in [1.165, 1.54) is 12.8 Å². The van der Waals surface area contributed by atoms with E-state index in [-0.39, 0.29) is 38.8 Å². The van der Waals surface area contributed by atoms with Gasteiger partial charge in [0.25, 0.3) is 0 Å². The van der Waals surface area contributed by atoms with Crippen LogP contribution in [0.1, 0.15) is 108 Å². The van der Waals surface area contributed by atoms with Gasteiger partial charge in [-0.05, 0) is 74.0 Å². The van der Waals surface area contributed by atoms with E-state index in [1.54, 1.807) is 0 Å². The molecule has 2 aliphatic carbocycles. The fourth-order valence-corrected chi connectivity index (χ4v) is 7.95. The van der Waals surface area contributed by atoms with E-state index < -0.39 is 0 Å². The Labute approximate surface area is 162 Å². The second-order valence-corrected chi connectivity index (χ2v) is 13.4. The largest absolute Gasteiger partial charge is 0.333 e. The molecule has 0 aliphatic heterocycles. The van der Waals surface area contributed by atoms with Crippen LogP contribution < -0.4 is 10.6 Å². The summed E-state index contributed by atoms with van der Waals surface area (Å²) in [5.74, 6) is 0. The summed E-state index contributed by atoms with van der Waals surface area (Å²) < 4.78 is 0. The van der Waals surface area contributed by atoms with Gasteiger partial charge in [-0.25, -0.2) is 4.79 Å². The highest BCUT2D eigenvalue weighted by Crippen LogP contribution is 2.51. The smallest absolute Gasteiger partial charge is 0.315 e. The zero-order valence-electron chi connectivity index (χ0n) is 19.2. The van der Waals surface area contributed by atoms with Gasteiger partial charge in [-0.15, -0.1) is 0 Å². The Morgan fingerprint density at radius 2 is 0.731 bits per heavy atom. The van der Waals surface area contributed by atoms with Crippen molar-refractivity contribution < 1.29 is 4.79 Å². The molecule has 152 valence electrons. The number of carbonyl (C=O) groups excluding carboxylic acids is 1. The molecule has 0 atom stereocenters. The fourth-order valence-electron chi connectivity index (χ4n) is 7.95. The average Bonchev–Trinajstić information content (AvgIpc) is 2.13. The Hall–Kier alpha value is -0.730. The molecule has 3 heteroatoms. The third-order valence-corrected chi connectivity index (χ3v) is 6.22. The zero-order chi connectivity index (χ0) is 20.2. The van der Waals surface area contributed by atoms with Crippen LogP contribution in [0.3, 0.4) is 0 Å². The van der Waals surface area contributed by atoms with Crippen molar-refractivity contribution in [2.24, 2.45) is 21.7 Å². The normalized spacial score (nSPS) is 30.2. The van der Waals surface area contributed by atoms with Crippen molar-refractivity contribution >= 4 is 6.03 Å². The van der Waals surface area contributed by atoms with Gasteiger partial charge in [0.05, 0.1) is 0 Å². The summed E-state index contributed by atoms with van der Waals surface area (Å²) in [6.07, 6.45) is 6.54. The molecule has 0 bridgehead atoms. The van der Waals surface area contributed by atoms with E-state index in [0.29, 0.717) is 0 Å². The molecular weight excluding hydrogens is 320 g/mol. The average molecular weight is 365 g/mol. The summed E-state index contributed by atoms with van der Waals surface area (Å²) in [6, 6.07) is 0.0111. The summed E-state index contributed by atoms with van der Waals surface area (Å²) in [7, 11) is 0. The van der Waals surface area contributed by atoms with Crippen molar-refractivity contribution in [3.05, 3.63) is 0 Å². The molecule has 0 heterocycles. The van der Waals surface area contributed by atoms with E-state index in [2.05, 4.69) is 79.9 Å². The molecule has 2 aliphatic rings. The molecule has 0 aromatic carbocycles.